The number of aromatic nitrogens is 2. The zero-order valence-electron chi connectivity index (χ0n) is 15.3. The molecule has 2 heterocycles. The van der Waals surface area contributed by atoms with E-state index >= 15 is 0 Å². The Kier molecular flexibility index (Phi) is 7.52. The van der Waals surface area contributed by atoms with Crippen molar-refractivity contribution in [3.8, 4) is 0 Å². The third-order valence-corrected chi connectivity index (χ3v) is 4.66. The van der Waals surface area contributed by atoms with Crippen molar-refractivity contribution in [2.45, 2.75) is 38.3 Å². The van der Waals surface area contributed by atoms with Crippen molar-refractivity contribution < 1.29 is 4.74 Å². The Labute approximate surface area is 145 Å². The van der Waals surface area contributed by atoms with Crippen LogP contribution in [0.3, 0.4) is 0 Å². The van der Waals surface area contributed by atoms with Crippen LogP contribution < -0.4 is 10.6 Å². The van der Waals surface area contributed by atoms with Crippen LogP contribution in [-0.2, 0) is 11.3 Å². The van der Waals surface area contributed by atoms with Gasteiger partial charge in [0.1, 0.15) is 0 Å². The molecule has 0 unspecified atom stereocenters. The number of nitrogens with zero attached hydrogens (tertiary/aromatic N) is 4. The van der Waals surface area contributed by atoms with Crippen LogP contribution in [0.1, 0.15) is 26.2 Å². The van der Waals surface area contributed by atoms with Gasteiger partial charge in [-0.05, 0) is 46.3 Å². The van der Waals surface area contributed by atoms with Crippen molar-refractivity contribution in [3.63, 3.8) is 0 Å². The van der Waals surface area contributed by atoms with Gasteiger partial charge in [0, 0.05) is 50.8 Å². The third kappa shape index (κ3) is 5.49. The number of rotatable bonds is 8. The Hall–Kier alpha value is -1.60. The van der Waals surface area contributed by atoms with Gasteiger partial charge in [-0.1, -0.05) is 0 Å². The minimum absolute atomic E-state index is 0.107. The fourth-order valence-electron chi connectivity index (χ4n) is 2.95. The van der Waals surface area contributed by atoms with Gasteiger partial charge in [0.15, 0.2) is 5.96 Å². The van der Waals surface area contributed by atoms with E-state index in [1.165, 1.54) is 0 Å². The Bertz CT molecular complexity index is 479. The Morgan fingerprint density at radius 3 is 2.75 bits per heavy atom. The van der Waals surface area contributed by atoms with Crippen LogP contribution in [0.25, 0.3) is 0 Å². The molecule has 0 atom stereocenters. The first-order valence-corrected chi connectivity index (χ1v) is 8.91. The smallest absolute Gasteiger partial charge is 0.191 e. The van der Waals surface area contributed by atoms with Crippen LogP contribution in [-0.4, -0.2) is 73.1 Å². The molecule has 1 aliphatic rings. The quantitative estimate of drug-likeness (QED) is 0.420. The van der Waals surface area contributed by atoms with Gasteiger partial charge in [-0.15, -0.1) is 0 Å². The van der Waals surface area contributed by atoms with Crippen LogP contribution in [0.5, 0.6) is 0 Å². The third-order valence-electron chi connectivity index (χ3n) is 4.66. The molecule has 7 nitrogen and oxygen atoms in total. The lowest BCUT2D eigenvalue weighted by Crippen LogP contribution is -2.51. The van der Waals surface area contributed by atoms with Gasteiger partial charge in [0.25, 0.3) is 0 Å². The van der Waals surface area contributed by atoms with E-state index in [2.05, 4.69) is 41.7 Å². The van der Waals surface area contributed by atoms with Crippen LogP contribution in [0.4, 0.5) is 0 Å². The summed E-state index contributed by atoms with van der Waals surface area (Å²) < 4.78 is 7.48. The van der Waals surface area contributed by atoms with Gasteiger partial charge in [-0.2, -0.15) is 5.10 Å². The zero-order valence-corrected chi connectivity index (χ0v) is 15.3. The zero-order chi connectivity index (χ0) is 17.3. The van der Waals surface area contributed by atoms with E-state index in [1.807, 2.05) is 23.1 Å². The summed E-state index contributed by atoms with van der Waals surface area (Å²) in [5.74, 6) is 0.894. The minimum Gasteiger partial charge on any atom is -0.381 e. The number of hydrogen-bond donors (Lipinski definition) is 2. The summed E-state index contributed by atoms with van der Waals surface area (Å²) in [6.07, 6.45) is 6.88. The average Bonchev–Trinajstić information content (AvgIpc) is 3.10. The van der Waals surface area contributed by atoms with Crippen molar-refractivity contribution in [3.05, 3.63) is 18.5 Å². The van der Waals surface area contributed by atoms with Gasteiger partial charge >= 0.3 is 0 Å². The molecule has 0 amide bonds. The molecule has 7 heteroatoms. The number of likely N-dealkylation sites (N-methyl/N-ethyl adjacent to an activating group) is 1. The van der Waals surface area contributed by atoms with E-state index in [4.69, 9.17) is 9.73 Å². The molecule has 24 heavy (non-hydrogen) atoms. The lowest BCUT2D eigenvalue weighted by atomic mass is 9.89. The number of guanidine groups is 1. The summed E-state index contributed by atoms with van der Waals surface area (Å²) in [6.45, 7) is 7.18. The van der Waals surface area contributed by atoms with E-state index in [9.17, 15) is 0 Å². The molecule has 0 spiro atoms. The SMILES string of the molecule is CCNC(=NCC1(N(C)C)CCOCC1)NCCCn1cccn1. The van der Waals surface area contributed by atoms with E-state index in [0.717, 1.165) is 64.6 Å². The van der Waals surface area contributed by atoms with Crippen molar-refractivity contribution in [1.29, 1.82) is 0 Å². The maximum absolute atomic E-state index is 5.53. The van der Waals surface area contributed by atoms with Crippen LogP contribution in [0, 0.1) is 0 Å². The average molecular weight is 336 g/mol. The van der Waals surface area contributed by atoms with Gasteiger partial charge in [0.05, 0.1) is 6.54 Å². The lowest BCUT2D eigenvalue weighted by molar-refractivity contribution is -0.00254. The van der Waals surface area contributed by atoms with Crippen molar-refractivity contribution in [1.82, 2.24) is 25.3 Å². The van der Waals surface area contributed by atoms with Crippen LogP contribution in [0.15, 0.2) is 23.5 Å². The Balaban J connectivity index is 1.84. The molecule has 0 aliphatic carbocycles. The monoisotopic (exact) mass is 336 g/mol. The highest BCUT2D eigenvalue weighted by atomic mass is 16.5. The van der Waals surface area contributed by atoms with Gasteiger partial charge < -0.3 is 20.3 Å². The van der Waals surface area contributed by atoms with Crippen molar-refractivity contribution in [2.75, 3.05) is 46.9 Å². The Morgan fingerprint density at radius 2 is 2.12 bits per heavy atom. The van der Waals surface area contributed by atoms with Crippen molar-refractivity contribution in [2.24, 2.45) is 4.99 Å². The molecule has 2 rings (SSSR count). The summed E-state index contributed by atoms with van der Waals surface area (Å²) >= 11 is 0. The number of ether oxygens (including phenoxy) is 1. The van der Waals surface area contributed by atoms with Gasteiger partial charge in [0.2, 0.25) is 0 Å². The highest BCUT2D eigenvalue weighted by molar-refractivity contribution is 5.79. The molecule has 0 saturated carbocycles. The molecule has 1 saturated heterocycles. The summed E-state index contributed by atoms with van der Waals surface area (Å²) in [5, 5.41) is 11.0. The topological polar surface area (TPSA) is 66.7 Å². The van der Waals surface area contributed by atoms with E-state index < -0.39 is 0 Å². The number of nitrogens with one attached hydrogen (secondary N) is 2. The molecule has 1 fully saturated rings. The normalized spacial score (nSPS) is 17.9. The standard InChI is InChI=1S/C17H32N6O/c1-4-18-16(19-9-5-11-23-12-6-10-21-23)20-15-17(22(2)3)7-13-24-14-8-17/h6,10,12H,4-5,7-9,11,13-15H2,1-3H3,(H2,18,19,20). The number of hydrogen-bond acceptors (Lipinski definition) is 4. The molecule has 0 aromatic carbocycles. The summed E-state index contributed by atoms with van der Waals surface area (Å²) in [7, 11) is 4.29. The second-order valence-corrected chi connectivity index (χ2v) is 6.48. The minimum atomic E-state index is 0.107. The van der Waals surface area contributed by atoms with E-state index in [0.29, 0.717) is 0 Å². The maximum atomic E-state index is 5.53. The molecular formula is C17H32N6O. The van der Waals surface area contributed by atoms with E-state index in [1.54, 1.807) is 0 Å². The largest absolute Gasteiger partial charge is 0.381 e. The summed E-state index contributed by atoms with van der Waals surface area (Å²) in [6, 6.07) is 1.95. The first kappa shape index (κ1) is 18.7. The molecule has 1 aromatic heterocycles. The lowest BCUT2D eigenvalue weighted by Gasteiger charge is -2.41. The first-order valence-electron chi connectivity index (χ1n) is 8.91. The highest BCUT2D eigenvalue weighted by Crippen LogP contribution is 2.26. The molecule has 0 radical (unpaired) electrons. The number of aryl methyl sites for hydroxylation is 1. The summed E-state index contributed by atoms with van der Waals surface area (Å²) in [4.78, 5) is 7.15. The number of aliphatic imine (C=N–C) groups is 1. The fourth-order valence-corrected chi connectivity index (χ4v) is 2.95. The molecular weight excluding hydrogens is 304 g/mol. The van der Waals surface area contributed by atoms with Crippen LogP contribution in [0.2, 0.25) is 0 Å². The molecule has 1 aromatic rings. The van der Waals surface area contributed by atoms with Crippen molar-refractivity contribution >= 4 is 5.96 Å². The molecule has 0 bridgehead atoms. The molecule has 1 aliphatic heterocycles. The maximum Gasteiger partial charge on any atom is 0.191 e. The predicted molar refractivity (Wildman–Crippen MR) is 97.3 cm³/mol. The molecule has 2 N–H and O–H groups in total. The Morgan fingerprint density at radius 1 is 1.33 bits per heavy atom. The van der Waals surface area contributed by atoms with Gasteiger partial charge in [-0.25, -0.2) is 0 Å². The van der Waals surface area contributed by atoms with E-state index in [-0.39, 0.29) is 5.54 Å². The van der Waals surface area contributed by atoms with Crippen LogP contribution >= 0.6 is 0 Å². The summed E-state index contributed by atoms with van der Waals surface area (Å²) in [5.41, 5.74) is 0.107. The predicted octanol–water partition coefficient (Wildman–Crippen LogP) is 0.939. The fraction of sp³-hybridized carbons (Fsp3) is 0.765. The van der Waals surface area contributed by atoms with Gasteiger partial charge in [-0.3, -0.25) is 9.67 Å². The highest BCUT2D eigenvalue weighted by Gasteiger charge is 2.34. The first-order chi connectivity index (χ1) is 11.7. The molecule has 136 valence electrons. The second kappa shape index (κ2) is 9.64. The second-order valence-electron chi connectivity index (χ2n) is 6.48.